The molecule has 5 heteroatoms. The summed E-state index contributed by atoms with van der Waals surface area (Å²) in [5, 5.41) is 2.91. The van der Waals surface area contributed by atoms with E-state index in [0.717, 1.165) is 23.4 Å². The molecule has 1 unspecified atom stereocenters. The van der Waals surface area contributed by atoms with Crippen LogP contribution in [0.5, 0.6) is 0 Å². The average Bonchev–Trinajstić information content (AvgIpc) is 2.37. The SMILES string of the molecule is CCCC(C)C(=O)Nc1ccccc1SCC(N)=O. The molecule has 0 radical (unpaired) electrons. The van der Waals surface area contributed by atoms with Gasteiger partial charge in [-0.05, 0) is 18.6 Å². The fourth-order valence-corrected chi connectivity index (χ4v) is 2.41. The van der Waals surface area contributed by atoms with Crippen LogP contribution in [0.4, 0.5) is 5.69 Å². The van der Waals surface area contributed by atoms with E-state index in [1.165, 1.54) is 11.8 Å². The Morgan fingerprint density at radius 1 is 1.37 bits per heavy atom. The Kier molecular flexibility index (Phi) is 6.42. The third kappa shape index (κ3) is 5.34. The predicted molar refractivity (Wildman–Crippen MR) is 79.1 cm³/mol. The van der Waals surface area contributed by atoms with E-state index in [2.05, 4.69) is 12.2 Å². The number of para-hydroxylation sites is 1. The molecule has 1 atom stereocenters. The molecule has 1 aromatic rings. The maximum Gasteiger partial charge on any atom is 0.227 e. The van der Waals surface area contributed by atoms with E-state index in [4.69, 9.17) is 5.73 Å². The van der Waals surface area contributed by atoms with Crippen molar-refractivity contribution in [3.63, 3.8) is 0 Å². The molecule has 0 aliphatic rings. The molecule has 0 heterocycles. The van der Waals surface area contributed by atoms with Crippen molar-refractivity contribution in [3.8, 4) is 0 Å². The average molecular weight is 280 g/mol. The second-order valence-electron chi connectivity index (χ2n) is 4.43. The lowest BCUT2D eigenvalue weighted by Crippen LogP contribution is -2.20. The highest BCUT2D eigenvalue weighted by Gasteiger charge is 2.13. The smallest absolute Gasteiger partial charge is 0.227 e. The number of carbonyl (C=O) groups is 2. The topological polar surface area (TPSA) is 72.2 Å². The summed E-state index contributed by atoms with van der Waals surface area (Å²) >= 11 is 1.33. The molecule has 3 N–H and O–H groups in total. The molecular formula is C14H20N2O2S. The maximum atomic E-state index is 12.0. The molecule has 0 fully saturated rings. The second-order valence-corrected chi connectivity index (χ2v) is 5.45. The number of carbonyl (C=O) groups excluding carboxylic acids is 2. The number of hydrogen-bond donors (Lipinski definition) is 2. The van der Waals surface area contributed by atoms with Gasteiger partial charge in [-0.3, -0.25) is 9.59 Å². The Bertz CT molecular complexity index is 449. The first-order valence-electron chi connectivity index (χ1n) is 6.35. The maximum absolute atomic E-state index is 12.0. The van der Waals surface area contributed by atoms with Crippen LogP contribution >= 0.6 is 11.8 Å². The number of benzene rings is 1. The molecule has 0 spiro atoms. The Morgan fingerprint density at radius 2 is 2.05 bits per heavy atom. The summed E-state index contributed by atoms with van der Waals surface area (Å²) in [7, 11) is 0. The lowest BCUT2D eigenvalue weighted by Gasteiger charge is -2.13. The zero-order chi connectivity index (χ0) is 14.3. The van der Waals surface area contributed by atoms with Gasteiger partial charge >= 0.3 is 0 Å². The zero-order valence-electron chi connectivity index (χ0n) is 11.3. The number of nitrogens with one attached hydrogen (secondary N) is 1. The Labute approximate surface area is 118 Å². The van der Waals surface area contributed by atoms with Crippen molar-refractivity contribution in [2.45, 2.75) is 31.6 Å². The molecule has 0 aliphatic heterocycles. The molecule has 0 saturated carbocycles. The van der Waals surface area contributed by atoms with E-state index in [9.17, 15) is 9.59 Å². The van der Waals surface area contributed by atoms with Gasteiger partial charge in [0.1, 0.15) is 0 Å². The first-order valence-corrected chi connectivity index (χ1v) is 7.34. The van der Waals surface area contributed by atoms with Gasteiger partial charge in [0.25, 0.3) is 0 Å². The van der Waals surface area contributed by atoms with Gasteiger partial charge in [-0.2, -0.15) is 0 Å². The summed E-state index contributed by atoms with van der Waals surface area (Å²) in [6.45, 7) is 3.97. The first kappa shape index (κ1) is 15.6. The molecule has 4 nitrogen and oxygen atoms in total. The molecule has 0 saturated heterocycles. The van der Waals surface area contributed by atoms with Crippen molar-refractivity contribution in [2.24, 2.45) is 11.7 Å². The predicted octanol–water partition coefficient (Wildman–Crippen LogP) is 2.64. The zero-order valence-corrected chi connectivity index (χ0v) is 12.1. The number of anilines is 1. The van der Waals surface area contributed by atoms with Gasteiger partial charge in [0.15, 0.2) is 0 Å². The Hall–Kier alpha value is -1.49. The van der Waals surface area contributed by atoms with Crippen LogP contribution in [0.2, 0.25) is 0 Å². The van der Waals surface area contributed by atoms with E-state index in [1.807, 2.05) is 31.2 Å². The van der Waals surface area contributed by atoms with E-state index < -0.39 is 0 Å². The number of amides is 2. The first-order chi connectivity index (χ1) is 9.04. The number of nitrogens with two attached hydrogens (primary N) is 1. The van der Waals surface area contributed by atoms with E-state index in [1.54, 1.807) is 0 Å². The summed E-state index contributed by atoms with van der Waals surface area (Å²) in [5.41, 5.74) is 5.87. The normalized spacial score (nSPS) is 11.9. The van der Waals surface area contributed by atoms with Crippen molar-refractivity contribution in [1.82, 2.24) is 0 Å². The van der Waals surface area contributed by atoms with Gasteiger partial charge < -0.3 is 11.1 Å². The standard InChI is InChI=1S/C14H20N2O2S/c1-3-6-10(2)14(18)16-11-7-4-5-8-12(11)19-9-13(15)17/h4-5,7-8,10H,3,6,9H2,1-2H3,(H2,15,17)(H,16,18). The van der Waals surface area contributed by atoms with Crippen LogP contribution in [0.15, 0.2) is 29.2 Å². The van der Waals surface area contributed by atoms with Crippen molar-refractivity contribution < 1.29 is 9.59 Å². The van der Waals surface area contributed by atoms with Crippen LogP contribution in [0.1, 0.15) is 26.7 Å². The largest absolute Gasteiger partial charge is 0.369 e. The van der Waals surface area contributed by atoms with E-state index >= 15 is 0 Å². The fraction of sp³-hybridized carbons (Fsp3) is 0.429. The van der Waals surface area contributed by atoms with Gasteiger partial charge in [0.05, 0.1) is 11.4 Å². The Balaban J connectivity index is 2.71. The summed E-state index contributed by atoms with van der Waals surface area (Å²) in [5.74, 6) is -0.170. The Morgan fingerprint density at radius 3 is 2.68 bits per heavy atom. The summed E-state index contributed by atoms with van der Waals surface area (Å²) in [4.78, 5) is 23.7. The molecule has 19 heavy (non-hydrogen) atoms. The van der Waals surface area contributed by atoms with Crippen molar-refractivity contribution in [3.05, 3.63) is 24.3 Å². The third-order valence-electron chi connectivity index (χ3n) is 2.68. The van der Waals surface area contributed by atoms with Gasteiger partial charge in [0, 0.05) is 10.8 Å². The van der Waals surface area contributed by atoms with Crippen LogP contribution in [0.25, 0.3) is 0 Å². The molecular weight excluding hydrogens is 260 g/mol. The molecule has 1 aromatic carbocycles. The summed E-state index contributed by atoms with van der Waals surface area (Å²) < 4.78 is 0. The minimum absolute atomic E-state index is 0.00831. The minimum atomic E-state index is -0.370. The lowest BCUT2D eigenvalue weighted by molar-refractivity contribution is -0.119. The highest BCUT2D eigenvalue weighted by atomic mass is 32.2. The monoisotopic (exact) mass is 280 g/mol. The number of hydrogen-bond acceptors (Lipinski definition) is 3. The van der Waals surface area contributed by atoms with Gasteiger partial charge in [-0.15, -0.1) is 11.8 Å². The van der Waals surface area contributed by atoms with Crippen molar-refractivity contribution >= 4 is 29.3 Å². The molecule has 0 bridgehead atoms. The van der Waals surface area contributed by atoms with Crippen LogP contribution < -0.4 is 11.1 Å². The molecule has 104 valence electrons. The second kappa shape index (κ2) is 7.84. The van der Waals surface area contributed by atoms with Crippen LogP contribution in [0.3, 0.4) is 0 Å². The van der Waals surface area contributed by atoms with Crippen molar-refractivity contribution in [1.29, 1.82) is 0 Å². The lowest BCUT2D eigenvalue weighted by atomic mass is 10.1. The van der Waals surface area contributed by atoms with E-state index in [0.29, 0.717) is 0 Å². The fourth-order valence-electron chi connectivity index (χ4n) is 1.66. The number of rotatable bonds is 7. The number of primary amides is 1. The molecule has 2 amide bonds. The highest BCUT2D eigenvalue weighted by Crippen LogP contribution is 2.27. The minimum Gasteiger partial charge on any atom is -0.369 e. The summed E-state index contributed by atoms with van der Waals surface area (Å²) in [6, 6.07) is 7.43. The van der Waals surface area contributed by atoms with Gasteiger partial charge in [-0.1, -0.05) is 32.4 Å². The molecule has 0 aliphatic carbocycles. The van der Waals surface area contributed by atoms with Gasteiger partial charge in [-0.25, -0.2) is 0 Å². The van der Waals surface area contributed by atoms with Crippen LogP contribution in [0, 0.1) is 5.92 Å². The third-order valence-corrected chi connectivity index (χ3v) is 3.78. The molecule has 1 rings (SSSR count). The van der Waals surface area contributed by atoms with Crippen LogP contribution in [-0.2, 0) is 9.59 Å². The van der Waals surface area contributed by atoms with Gasteiger partial charge in [0.2, 0.25) is 11.8 Å². The van der Waals surface area contributed by atoms with Crippen LogP contribution in [-0.4, -0.2) is 17.6 Å². The number of thioether (sulfide) groups is 1. The summed E-state index contributed by atoms with van der Waals surface area (Å²) in [6.07, 6.45) is 1.84. The van der Waals surface area contributed by atoms with Crippen molar-refractivity contribution in [2.75, 3.05) is 11.1 Å². The highest BCUT2D eigenvalue weighted by molar-refractivity contribution is 8.00. The van der Waals surface area contributed by atoms with E-state index in [-0.39, 0.29) is 23.5 Å². The molecule has 0 aromatic heterocycles. The quantitative estimate of drug-likeness (QED) is 0.754.